The Labute approximate surface area is 196 Å². The van der Waals surface area contributed by atoms with Crippen LogP contribution >= 0.6 is 11.6 Å². The lowest BCUT2D eigenvalue weighted by Crippen LogP contribution is -2.47. The van der Waals surface area contributed by atoms with E-state index in [-0.39, 0.29) is 34.3 Å². The first-order valence-corrected chi connectivity index (χ1v) is 12.9. The van der Waals surface area contributed by atoms with Crippen LogP contribution in [0.4, 0.5) is 0 Å². The summed E-state index contributed by atoms with van der Waals surface area (Å²) in [5.41, 5.74) is 1.23. The second-order valence-electron chi connectivity index (χ2n) is 8.16. The first-order valence-electron chi connectivity index (χ1n) is 11.1. The fourth-order valence-corrected chi connectivity index (χ4v) is 5.75. The predicted octanol–water partition coefficient (Wildman–Crippen LogP) is 4.28. The average molecular weight is 479 g/mol. The Bertz CT molecular complexity index is 1010. The van der Waals surface area contributed by atoms with E-state index < -0.39 is 10.0 Å². The van der Waals surface area contributed by atoms with Crippen LogP contribution in [0, 0.1) is 5.92 Å². The molecule has 0 saturated carbocycles. The van der Waals surface area contributed by atoms with Gasteiger partial charge in [-0.3, -0.25) is 4.79 Å². The van der Waals surface area contributed by atoms with E-state index in [0.717, 1.165) is 12.8 Å². The summed E-state index contributed by atoms with van der Waals surface area (Å²) in [5, 5.41) is 3.32. The molecule has 1 amide bonds. The third-order valence-electron chi connectivity index (χ3n) is 5.69. The lowest BCUT2D eigenvalue weighted by atomic mass is 9.98. The Kier molecular flexibility index (Phi) is 8.57. The molecule has 0 radical (unpaired) electrons. The van der Waals surface area contributed by atoms with Gasteiger partial charge >= 0.3 is 0 Å². The van der Waals surface area contributed by atoms with Gasteiger partial charge in [0.2, 0.25) is 15.9 Å². The number of halogens is 1. The summed E-state index contributed by atoms with van der Waals surface area (Å²) in [7, 11) is -3.74. The van der Waals surface area contributed by atoms with E-state index in [0.29, 0.717) is 31.7 Å². The number of benzene rings is 2. The van der Waals surface area contributed by atoms with Crippen molar-refractivity contribution >= 4 is 27.5 Å². The van der Waals surface area contributed by atoms with Crippen molar-refractivity contribution in [3.8, 4) is 5.75 Å². The minimum Gasteiger partial charge on any atom is -0.492 e. The Morgan fingerprint density at radius 3 is 2.69 bits per heavy atom. The number of nitrogens with zero attached hydrogens (tertiary/aromatic N) is 1. The van der Waals surface area contributed by atoms with Crippen LogP contribution in [-0.2, 0) is 21.2 Å². The van der Waals surface area contributed by atoms with Crippen molar-refractivity contribution in [1.82, 2.24) is 9.62 Å². The molecule has 1 N–H and O–H groups in total. The molecule has 32 heavy (non-hydrogen) atoms. The minimum atomic E-state index is -3.74. The number of amides is 1. The Morgan fingerprint density at radius 2 is 2.00 bits per heavy atom. The van der Waals surface area contributed by atoms with Gasteiger partial charge in [0.15, 0.2) is 0 Å². The van der Waals surface area contributed by atoms with E-state index in [2.05, 4.69) is 17.4 Å². The van der Waals surface area contributed by atoms with Crippen molar-refractivity contribution < 1.29 is 17.9 Å². The Morgan fingerprint density at radius 1 is 1.25 bits per heavy atom. The summed E-state index contributed by atoms with van der Waals surface area (Å²) < 4.78 is 33.1. The molecular formula is C24H31ClN2O4S. The van der Waals surface area contributed by atoms with Crippen LogP contribution in [0.3, 0.4) is 0 Å². The minimum absolute atomic E-state index is 0.0135. The van der Waals surface area contributed by atoms with E-state index >= 15 is 0 Å². The van der Waals surface area contributed by atoms with Crippen LogP contribution < -0.4 is 10.1 Å². The van der Waals surface area contributed by atoms with Gasteiger partial charge in [0.1, 0.15) is 5.75 Å². The number of nitrogens with one attached hydrogen (secondary N) is 1. The lowest BCUT2D eigenvalue weighted by Gasteiger charge is -2.32. The van der Waals surface area contributed by atoms with Gasteiger partial charge in [-0.25, -0.2) is 8.42 Å². The molecule has 1 aliphatic heterocycles. The fraction of sp³-hybridized carbons (Fsp3) is 0.458. The van der Waals surface area contributed by atoms with E-state index in [1.165, 1.54) is 22.0 Å². The lowest BCUT2D eigenvalue weighted by molar-refractivity contribution is -0.126. The third-order valence-corrected chi connectivity index (χ3v) is 7.85. The first kappa shape index (κ1) is 24.6. The second-order valence-corrected chi connectivity index (χ2v) is 10.5. The molecule has 1 aliphatic rings. The van der Waals surface area contributed by atoms with Crippen molar-refractivity contribution in [3.05, 3.63) is 59.1 Å². The summed E-state index contributed by atoms with van der Waals surface area (Å²) >= 11 is 6.19. The van der Waals surface area contributed by atoms with Gasteiger partial charge in [-0.2, -0.15) is 4.31 Å². The molecule has 2 atom stereocenters. The summed E-state index contributed by atoms with van der Waals surface area (Å²) in [5.74, 6) is -0.000404. The highest BCUT2D eigenvalue weighted by molar-refractivity contribution is 7.89. The molecule has 1 fully saturated rings. The van der Waals surface area contributed by atoms with Gasteiger partial charge in [0.25, 0.3) is 0 Å². The molecule has 1 heterocycles. The van der Waals surface area contributed by atoms with E-state index in [1.54, 1.807) is 6.07 Å². The number of hydrogen-bond acceptors (Lipinski definition) is 4. The zero-order chi connectivity index (χ0) is 23.1. The van der Waals surface area contributed by atoms with Crippen LogP contribution in [0.25, 0.3) is 0 Å². The van der Waals surface area contributed by atoms with Crippen molar-refractivity contribution in [3.63, 3.8) is 0 Å². The van der Waals surface area contributed by atoms with E-state index in [1.807, 2.05) is 32.0 Å². The number of carbonyl (C=O) groups is 1. The maximum Gasteiger partial charge on any atom is 0.243 e. The van der Waals surface area contributed by atoms with Crippen LogP contribution in [0.1, 0.15) is 38.7 Å². The maximum absolute atomic E-state index is 13.2. The summed E-state index contributed by atoms with van der Waals surface area (Å²) in [6.45, 7) is 4.83. The Hall–Kier alpha value is -2.09. The van der Waals surface area contributed by atoms with E-state index in [9.17, 15) is 13.2 Å². The van der Waals surface area contributed by atoms with Crippen LogP contribution in [-0.4, -0.2) is 44.4 Å². The quantitative estimate of drug-likeness (QED) is 0.583. The van der Waals surface area contributed by atoms with Gasteiger partial charge in [0.05, 0.1) is 22.4 Å². The van der Waals surface area contributed by atoms with Gasteiger partial charge in [-0.15, -0.1) is 0 Å². The number of carbonyl (C=O) groups excluding carboxylic acids is 1. The van der Waals surface area contributed by atoms with Crippen LogP contribution in [0.2, 0.25) is 5.02 Å². The molecule has 2 aromatic carbocycles. The molecular weight excluding hydrogens is 448 g/mol. The first-order chi connectivity index (χ1) is 15.3. The van der Waals surface area contributed by atoms with Gasteiger partial charge in [-0.05, 0) is 63.3 Å². The summed E-state index contributed by atoms with van der Waals surface area (Å²) in [6, 6.07) is 14.6. The highest BCUT2D eigenvalue weighted by Crippen LogP contribution is 2.30. The molecule has 2 aromatic rings. The molecule has 3 rings (SSSR count). The second kappa shape index (κ2) is 11.2. The SMILES string of the molecule is CCOc1ccc(S(=O)(=O)N2CCC[C@@H](C(=O)N[C@H](C)CCc3ccccc3)C2)cc1Cl. The average Bonchev–Trinajstić information content (AvgIpc) is 2.80. The predicted molar refractivity (Wildman–Crippen MR) is 126 cm³/mol. The fourth-order valence-electron chi connectivity index (χ4n) is 3.90. The zero-order valence-electron chi connectivity index (χ0n) is 18.6. The highest BCUT2D eigenvalue weighted by Gasteiger charge is 2.34. The number of rotatable bonds is 9. The number of hydrogen-bond donors (Lipinski definition) is 1. The number of ether oxygens (including phenoxy) is 1. The Balaban J connectivity index is 1.60. The monoisotopic (exact) mass is 478 g/mol. The van der Waals surface area contributed by atoms with Crippen molar-refractivity contribution in [2.45, 2.75) is 50.5 Å². The molecule has 0 unspecified atom stereocenters. The smallest absolute Gasteiger partial charge is 0.243 e. The van der Waals surface area contributed by atoms with Crippen molar-refractivity contribution in [2.75, 3.05) is 19.7 Å². The molecule has 0 spiro atoms. The van der Waals surface area contributed by atoms with Crippen molar-refractivity contribution in [1.29, 1.82) is 0 Å². The maximum atomic E-state index is 13.2. The van der Waals surface area contributed by atoms with Crippen molar-refractivity contribution in [2.24, 2.45) is 5.92 Å². The van der Waals surface area contributed by atoms with E-state index in [4.69, 9.17) is 16.3 Å². The largest absolute Gasteiger partial charge is 0.492 e. The van der Waals surface area contributed by atoms with Gasteiger partial charge in [-0.1, -0.05) is 41.9 Å². The topological polar surface area (TPSA) is 75.7 Å². The molecule has 0 aliphatic carbocycles. The number of sulfonamides is 1. The normalized spacial score (nSPS) is 18.2. The number of aryl methyl sites for hydroxylation is 1. The molecule has 174 valence electrons. The van der Waals surface area contributed by atoms with Gasteiger partial charge < -0.3 is 10.1 Å². The number of piperidine rings is 1. The van der Waals surface area contributed by atoms with Crippen LogP contribution in [0.5, 0.6) is 5.75 Å². The summed E-state index contributed by atoms with van der Waals surface area (Å²) in [4.78, 5) is 12.9. The molecule has 1 saturated heterocycles. The molecule has 8 heteroatoms. The third kappa shape index (κ3) is 6.24. The zero-order valence-corrected chi connectivity index (χ0v) is 20.2. The standard InChI is InChI=1S/C24H31ClN2O4S/c1-3-31-23-14-13-21(16-22(23)25)32(29,30)27-15-7-10-20(17-27)24(28)26-18(2)11-12-19-8-5-4-6-9-19/h4-6,8-9,13-14,16,18,20H,3,7,10-12,15,17H2,1-2H3,(H,26,28)/t18-,20-/m1/s1. The molecule has 6 nitrogen and oxygen atoms in total. The highest BCUT2D eigenvalue weighted by atomic mass is 35.5. The molecule has 0 aromatic heterocycles. The van der Waals surface area contributed by atoms with Crippen LogP contribution in [0.15, 0.2) is 53.4 Å². The molecule has 0 bridgehead atoms. The summed E-state index contributed by atoms with van der Waals surface area (Å²) in [6.07, 6.45) is 3.02. The van der Waals surface area contributed by atoms with Gasteiger partial charge in [0, 0.05) is 19.1 Å².